The first-order valence-corrected chi connectivity index (χ1v) is 27.7. The molecule has 0 bridgehead atoms. The van der Waals surface area contributed by atoms with Crippen LogP contribution in [0.2, 0.25) is 0 Å². The van der Waals surface area contributed by atoms with Crippen LogP contribution in [0.3, 0.4) is 0 Å². The molecule has 74 heavy (non-hydrogen) atoms. The Morgan fingerprint density at radius 1 is 0.730 bits per heavy atom. The third kappa shape index (κ3) is 14.0. The Kier molecular flexibility index (Phi) is 17.5. The minimum Gasteiger partial charge on any atom is -0.478 e. The van der Waals surface area contributed by atoms with E-state index < -0.39 is 35.3 Å². The van der Waals surface area contributed by atoms with Gasteiger partial charge in [0.1, 0.15) is 31.2 Å². The Labute approximate surface area is 445 Å². The maximum Gasteiger partial charge on any atom is 0.410 e. The average Bonchev–Trinajstić information content (AvgIpc) is 4.09. The van der Waals surface area contributed by atoms with E-state index in [1.54, 1.807) is 67.3 Å². The number of carbonyl (C=O) groups is 6. The fourth-order valence-corrected chi connectivity index (χ4v) is 12.8. The summed E-state index contributed by atoms with van der Waals surface area (Å²) in [7, 11) is 0. The number of carboxylic acids is 2. The summed E-state index contributed by atoms with van der Waals surface area (Å²) in [6, 6.07) is 10.00. The number of carbonyl (C=O) groups excluding carboxylic acids is 4. The zero-order valence-corrected chi connectivity index (χ0v) is 46.5. The molecule has 6 N–H and O–H groups in total. The lowest BCUT2D eigenvalue weighted by atomic mass is 10.0. The quantitative estimate of drug-likeness (QED) is 0.0595. The molecule has 4 amide bonds. The van der Waals surface area contributed by atoms with Gasteiger partial charge in [0.25, 0.3) is 0 Å². The first-order chi connectivity index (χ1) is 34.8. The lowest BCUT2D eigenvalue weighted by Crippen LogP contribution is -2.42. The summed E-state index contributed by atoms with van der Waals surface area (Å²) in [4.78, 5) is 89.1. The van der Waals surface area contributed by atoms with E-state index in [-0.39, 0.29) is 41.9 Å². The first-order valence-electron chi connectivity index (χ1n) is 24.4. The van der Waals surface area contributed by atoms with Crippen molar-refractivity contribution < 1.29 is 48.5 Å². The summed E-state index contributed by atoms with van der Waals surface area (Å²) in [5.74, 6) is -2.30. The minimum absolute atomic E-state index is 0.0229. The Hall–Kier alpha value is -6.04. The number of hydrogen-bond acceptors (Lipinski definition) is 16. The van der Waals surface area contributed by atoms with E-state index in [1.165, 1.54) is 55.4 Å². The van der Waals surface area contributed by atoms with Crippen LogP contribution in [0.5, 0.6) is 0 Å². The predicted molar refractivity (Wildman–Crippen MR) is 293 cm³/mol. The van der Waals surface area contributed by atoms with E-state index in [0.717, 1.165) is 60.5 Å². The molecule has 18 nitrogen and oxygen atoms in total. The number of nitrogens with one attached hydrogen (secondary N) is 4. The molecule has 0 aliphatic carbocycles. The molecule has 0 radical (unpaired) electrons. The maximum absolute atomic E-state index is 13.3. The summed E-state index contributed by atoms with van der Waals surface area (Å²) >= 11 is 5.93. The lowest BCUT2D eigenvalue weighted by molar-refractivity contribution is -0.117. The van der Waals surface area contributed by atoms with E-state index in [2.05, 4.69) is 35.1 Å². The molecule has 0 spiro atoms. The highest BCUT2D eigenvalue weighted by Crippen LogP contribution is 2.47. The molecule has 0 atom stereocenters. The van der Waals surface area contributed by atoms with E-state index in [1.807, 2.05) is 34.6 Å². The number of rotatable bonds is 14. The van der Waals surface area contributed by atoms with Crippen LogP contribution in [0.15, 0.2) is 36.4 Å². The smallest absolute Gasteiger partial charge is 0.410 e. The second-order valence-corrected chi connectivity index (χ2v) is 24.8. The molecular formula is C52H64N8O10S4. The van der Waals surface area contributed by atoms with Crippen molar-refractivity contribution in [3.63, 3.8) is 0 Å². The van der Waals surface area contributed by atoms with Crippen molar-refractivity contribution >= 4 is 112 Å². The van der Waals surface area contributed by atoms with Crippen LogP contribution in [-0.2, 0) is 45.0 Å². The van der Waals surface area contributed by atoms with Crippen molar-refractivity contribution in [1.82, 2.24) is 30.4 Å². The van der Waals surface area contributed by atoms with E-state index >= 15 is 0 Å². The van der Waals surface area contributed by atoms with Gasteiger partial charge in [0.15, 0.2) is 0 Å². The van der Waals surface area contributed by atoms with Crippen LogP contribution in [0, 0.1) is 0 Å². The topological polar surface area (TPSA) is 242 Å². The third-order valence-corrected chi connectivity index (χ3v) is 16.0. The third-order valence-electron chi connectivity index (χ3n) is 11.6. The van der Waals surface area contributed by atoms with Gasteiger partial charge in [-0.3, -0.25) is 9.59 Å². The molecule has 2 aliphatic rings. The summed E-state index contributed by atoms with van der Waals surface area (Å²) in [6.45, 7) is 21.9. The van der Waals surface area contributed by atoms with Crippen molar-refractivity contribution in [1.29, 1.82) is 0 Å². The predicted octanol–water partition coefficient (Wildman–Crippen LogP) is 10.7. The monoisotopic (exact) mass is 1090 g/mol. The van der Waals surface area contributed by atoms with E-state index in [0.29, 0.717) is 59.6 Å². The normalized spacial score (nSPS) is 13.5. The first kappa shape index (κ1) is 55.7. The zero-order chi connectivity index (χ0) is 53.8. The summed E-state index contributed by atoms with van der Waals surface area (Å²) in [5, 5.41) is 34.4. The standard InChI is InChI=1S/C31H40N4O7S2.C21H24N4O3S2/c1-17(2)35(29(40)42-31(6,7)8)14-12-23(36)33-26-24(25-32-20-15-18(27(37)38)9-10-21(20)43-25)19-11-13-34(16-22(19)44-26)28(39)41-30(3,4)5;1-11(2)23-8-6-17(26)25-20-18(13-5-7-22-10-16(13)30-20)19-24-14-9-12(21(27)28)3-4-15(14)29-19/h9-10,15,17H,11-14,16H2,1-8H3,(H,33,36)(H,37,38);3-4,9,11,22-23H,5-8,10H2,1-2H3,(H,25,26)(H,27,28). The van der Waals surface area contributed by atoms with Crippen LogP contribution in [-0.4, -0.2) is 115 Å². The lowest BCUT2D eigenvalue weighted by Gasteiger charge is -2.30. The Bertz CT molecular complexity index is 3090. The number of benzene rings is 2. The molecule has 2 aromatic carbocycles. The number of anilines is 2. The van der Waals surface area contributed by atoms with Gasteiger partial charge >= 0.3 is 24.1 Å². The molecule has 6 aromatic rings. The molecule has 396 valence electrons. The van der Waals surface area contributed by atoms with Gasteiger partial charge in [0.05, 0.1) is 38.1 Å². The Morgan fingerprint density at radius 3 is 1.77 bits per heavy atom. The van der Waals surface area contributed by atoms with Crippen LogP contribution < -0.4 is 21.3 Å². The molecule has 0 unspecified atom stereocenters. The van der Waals surface area contributed by atoms with Gasteiger partial charge in [0, 0.05) is 72.0 Å². The fourth-order valence-electron chi connectivity index (χ4n) is 8.14. The van der Waals surface area contributed by atoms with Crippen molar-refractivity contribution in [2.75, 3.05) is 36.8 Å². The number of thiazole rings is 2. The van der Waals surface area contributed by atoms with Gasteiger partial charge in [-0.1, -0.05) is 13.8 Å². The van der Waals surface area contributed by atoms with Crippen molar-refractivity contribution in [2.24, 2.45) is 0 Å². The molecule has 0 saturated carbocycles. The number of fused-ring (bicyclic) bond motifs is 4. The number of hydrogen-bond donors (Lipinski definition) is 6. The highest BCUT2D eigenvalue weighted by molar-refractivity contribution is 7.23. The molecule has 0 fully saturated rings. The van der Waals surface area contributed by atoms with Crippen LogP contribution in [0.4, 0.5) is 19.6 Å². The van der Waals surface area contributed by atoms with Gasteiger partial charge in [-0.2, -0.15) is 0 Å². The molecule has 8 rings (SSSR count). The number of aromatic nitrogens is 2. The zero-order valence-electron chi connectivity index (χ0n) is 43.3. The fraction of sp³-hybridized carbons (Fsp3) is 0.462. The van der Waals surface area contributed by atoms with Crippen LogP contribution in [0.1, 0.15) is 124 Å². The molecule has 6 heterocycles. The summed E-state index contributed by atoms with van der Waals surface area (Å²) in [5.41, 5.74) is 4.27. The van der Waals surface area contributed by atoms with Gasteiger partial charge < -0.3 is 50.8 Å². The second-order valence-electron chi connectivity index (χ2n) is 20.5. The maximum atomic E-state index is 13.3. The van der Waals surface area contributed by atoms with Crippen LogP contribution in [0.25, 0.3) is 41.6 Å². The number of ether oxygens (including phenoxy) is 2. The number of thiophene rings is 2. The average molecular weight is 1090 g/mol. The second kappa shape index (κ2) is 23.2. The minimum atomic E-state index is -1.04. The van der Waals surface area contributed by atoms with Crippen LogP contribution >= 0.6 is 45.3 Å². The van der Waals surface area contributed by atoms with Crippen molar-refractivity contribution in [3.8, 4) is 21.1 Å². The largest absolute Gasteiger partial charge is 0.478 e. The van der Waals surface area contributed by atoms with E-state index in [9.17, 15) is 39.0 Å². The van der Waals surface area contributed by atoms with Crippen molar-refractivity contribution in [2.45, 2.75) is 131 Å². The highest BCUT2D eigenvalue weighted by Gasteiger charge is 2.33. The van der Waals surface area contributed by atoms with Gasteiger partial charge in [-0.25, -0.2) is 29.1 Å². The molecule has 22 heteroatoms. The number of carboxylic acid groups (broad SMARTS) is 2. The molecule has 4 aromatic heterocycles. The van der Waals surface area contributed by atoms with Gasteiger partial charge in [0.2, 0.25) is 11.8 Å². The van der Waals surface area contributed by atoms with E-state index in [4.69, 9.17) is 19.4 Å². The van der Waals surface area contributed by atoms with Gasteiger partial charge in [-0.05, 0) is 122 Å². The summed E-state index contributed by atoms with van der Waals surface area (Å²) in [6.07, 6.45) is 0.978. The number of amides is 4. The SMILES string of the molecule is CC(C)N(CCC(=O)Nc1sc2c(c1-c1nc3cc(C(=O)O)ccc3s1)CCN(C(=O)OC(C)(C)C)C2)C(=O)OC(C)(C)C.CC(C)NCCC(=O)Nc1sc2c(c1-c1nc3cc(C(=O)O)ccc3s1)CCNC2. The molecule has 2 aliphatic heterocycles. The highest BCUT2D eigenvalue weighted by atomic mass is 32.1. The molecular weight excluding hydrogens is 1020 g/mol. The molecule has 0 saturated heterocycles. The number of nitrogens with zero attached hydrogens (tertiary/aromatic N) is 4. The summed E-state index contributed by atoms with van der Waals surface area (Å²) < 4.78 is 12.9. The van der Waals surface area contributed by atoms with Crippen molar-refractivity contribution in [3.05, 3.63) is 68.4 Å². The van der Waals surface area contributed by atoms with Gasteiger partial charge in [-0.15, -0.1) is 45.3 Å². The Morgan fingerprint density at radius 2 is 1.26 bits per heavy atom. The number of aromatic carboxylic acids is 2. The Balaban J connectivity index is 0.000000232.